The third kappa shape index (κ3) is 5.23. The zero-order chi connectivity index (χ0) is 21.0. The van der Waals surface area contributed by atoms with Crippen LogP contribution in [0.1, 0.15) is 23.2 Å². The van der Waals surface area contributed by atoms with Crippen LogP contribution in [-0.4, -0.2) is 90.3 Å². The molecule has 10 heteroatoms. The van der Waals surface area contributed by atoms with Crippen LogP contribution < -0.4 is 5.32 Å². The number of nitro groups is 1. The molecule has 2 aliphatic rings. The number of likely N-dealkylation sites (tertiary alicyclic amines) is 1. The summed E-state index contributed by atoms with van der Waals surface area (Å²) in [5, 5.41) is 13.6. The van der Waals surface area contributed by atoms with Gasteiger partial charge in [-0.15, -0.1) is 0 Å². The maximum atomic E-state index is 12.5. The van der Waals surface area contributed by atoms with Crippen molar-refractivity contribution in [3.63, 3.8) is 0 Å². The summed E-state index contributed by atoms with van der Waals surface area (Å²) in [7, 11) is 2.14. The van der Waals surface area contributed by atoms with Crippen LogP contribution in [0.15, 0.2) is 18.2 Å². The lowest BCUT2D eigenvalue weighted by Crippen LogP contribution is -2.56. The molecular weight excluding hydrogens is 398 g/mol. The van der Waals surface area contributed by atoms with Crippen molar-refractivity contribution in [3.8, 4) is 0 Å². The number of rotatable bonds is 5. The highest BCUT2D eigenvalue weighted by atomic mass is 35.5. The van der Waals surface area contributed by atoms with Gasteiger partial charge in [0.15, 0.2) is 0 Å². The molecule has 2 amide bonds. The van der Waals surface area contributed by atoms with Crippen molar-refractivity contribution in [2.45, 2.75) is 18.9 Å². The molecule has 0 spiro atoms. The second-order valence-electron chi connectivity index (χ2n) is 7.55. The van der Waals surface area contributed by atoms with Crippen LogP contribution in [0.5, 0.6) is 0 Å². The first-order valence-corrected chi connectivity index (χ1v) is 10.2. The van der Waals surface area contributed by atoms with E-state index in [4.69, 9.17) is 11.6 Å². The Labute approximate surface area is 174 Å². The van der Waals surface area contributed by atoms with Crippen LogP contribution in [-0.2, 0) is 4.79 Å². The normalized spacial score (nSPS) is 21.0. The Kier molecular flexibility index (Phi) is 7.05. The fourth-order valence-electron chi connectivity index (χ4n) is 4.02. The molecular formula is C19H26ClN5O4. The number of amides is 2. The molecule has 2 aliphatic heterocycles. The first kappa shape index (κ1) is 21.5. The van der Waals surface area contributed by atoms with Crippen molar-refractivity contribution in [2.24, 2.45) is 0 Å². The smallest absolute Gasteiger partial charge is 0.283 e. The minimum atomic E-state index is -0.723. The van der Waals surface area contributed by atoms with Crippen LogP contribution in [0.2, 0.25) is 5.02 Å². The van der Waals surface area contributed by atoms with Crippen LogP contribution in [0.3, 0.4) is 0 Å². The van der Waals surface area contributed by atoms with Gasteiger partial charge in [-0.3, -0.25) is 24.6 Å². The summed E-state index contributed by atoms with van der Waals surface area (Å²) in [6, 6.07) is 4.57. The Hall–Kier alpha value is -2.23. The van der Waals surface area contributed by atoms with Gasteiger partial charge in [0.05, 0.1) is 16.5 Å². The fraction of sp³-hybridized carbons (Fsp3) is 0.579. The highest BCUT2D eigenvalue weighted by Crippen LogP contribution is 2.26. The number of nitrogens with one attached hydrogen (secondary N) is 1. The number of hydrogen-bond acceptors (Lipinski definition) is 6. The van der Waals surface area contributed by atoms with E-state index in [1.165, 1.54) is 31.0 Å². The van der Waals surface area contributed by atoms with Gasteiger partial charge in [-0.1, -0.05) is 17.7 Å². The number of carbonyl (C=O) groups is 2. The van der Waals surface area contributed by atoms with E-state index in [1.807, 2.05) is 0 Å². The lowest BCUT2D eigenvalue weighted by molar-refractivity contribution is -0.385. The van der Waals surface area contributed by atoms with Crippen LogP contribution in [0, 0.1) is 10.1 Å². The number of piperidine rings is 1. The van der Waals surface area contributed by atoms with Crippen molar-refractivity contribution < 1.29 is 14.5 Å². The van der Waals surface area contributed by atoms with Gasteiger partial charge in [0.25, 0.3) is 11.6 Å². The van der Waals surface area contributed by atoms with E-state index in [1.54, 1.807) is 4.90 Å². The van der Waals surface area contributed by atoms with Gasteiger partial charge >= 0.3 is 0 Å². The molecule has 0 bridgehead atoms. The Bertz CT molecular complexity index is 782. The van der Waals surface area contributed by atoms with E-state index in [9.17, 15) is 19.7 Å². The summed E-state index contributed by atoms with van der Waals surface area (Å²) in [6.07, 6.45) is 2.38. The molecule has 2 fully saturated rings. The SMILES string of the molecule is CN1CCCC(N2CCN(C(=O)CNC(=O)c3c(Cl)cccc3[N+](=O)[O-])CC2)C1. The fourth-order valence-corrected chi connectivity index (χ4v) is 4.27. The molecule has 2 saturated heterocycles. The number of nitrogens with zero attached hydrogens (tertiary/aromatic N) is 4. The Morgan fingerprint density at radius 2 is 1.97 bits per heavy atom. The summed E-state index contributed by atoms with van der Waals surface area (Å²) in [5.41, 5.74) is -0.605. The van der Waals surface area contributed by atoms with Crippen molar-refractivity contribution in [3.05, 3.63) is 38.9 Å². The van der Waals surface area contributed by atoms with E-state index in [2.05, 4.69) is 22.2 Å². The Balaban J connectivity index is 1.51. The summed E-state index contributed by atoms with van der Waals surface area (Å²) in [6.45, 7) is 4.83. The minimum absolute atomic E-state index is 0.0183. The minimum Gasteiger partial charge on any atom is -0.343 e. The predicted octanol–water partition coefficient (Wildman–Crippen LogP) is 1.22. The molecule has 3 rings (SSSR count). The Morgan fingerprint density at radius 1 is 1.24 bits per heavy atom. The predicted molar refractivity (Wildman–Crippen MR) is 109 cm³/mol. The quantitative estimate of drug-likeness (QED) is 0.564. The zero-order valence-corrected chi connectivity index (χ0v) is 17.2. The summed E-state index contributed by atoms with van der Waals surface area (Å²) in [5.74, 6) is -0.923. The molecule has 1 aromatic carbocycles. The number of benzene rings is 1. The molecule has 29 heavy (non-hydrogen) atoms. The molecule has 0 radical (unpaired) electrons. The van der Waals surface area contributed by atoms with Crippen LogP contribution >= 0.6 is 11.6 Å². The molecule has 9 nitrogen and oxygen atoms in total. The first-order chi connectivity index (χ1) is 13.9. The monoisotopic (exact) mass is 423 g/mol. The molecule has 1 aromatic rings. The maximum absolute atomic E-state index is 12.5. The molecule has 1 unspecified atom stereocenters. The average Bonchev–Trinajstić information content (AvgIpc) is 2.71. The highest BCUT2D eigenvalue weighted by Gasteiger charge is 2.29. The van der Waals surface area contributed by atoms with Gasteiger partial charge < -0.3 is 15.1 Å². The van der Waals surface area contributed by atoms with Gasteiger partial charge in [-0.2, -0.15) is 0 Å². The topological polar surface area (TPSA) is 99.0 Å². The Morgan fingerprint density at radius 3 is 2.62 bits per heavy atom. The lowest BCUT2D eigenvalue weighted by Gasteiger charge is -2.42. The van der Waals surface area contributed by atoms with Crippen LogP contribution in [0.25, 0.3) is 0 Å². The largest absolute Gasteiger partial charge is 0.343 e. The van der Waals surface area contributed by atoms with E-state index in [-0.39, 0.29) is 28.7 Å². The third-order valence-electron chi connectivity index (χ3n) is 5.60. The standard InChI is InChI=1S/C19H26ClN5O4/c1-22-7-3-4-14(13-22)23-8-10-24(11-9-23)17(26)12-21-19(27)18-15(20)5-2-6-16(18)25(28)29/h2,5-6,14H,3-4,7-13H2,1H3,(H,21,27). The van der Waals surface area contributed by atoms with Crippen molar-refractivity contribution >= 4 is 29.1 Å². The molecule has 0 aliphatic carbocycles. The summed E-state index contributed by atoms with van der Waals surface area (Å²) < 4.78 is 0. The maximum Gasteiger partial charge on any atom is 0.283 e. The van der Waals surface area contributed by atoms with E-state index < -0.39 is 10.8 Å². The van der Waals surface area contributed by atoms with Gasteiger partial charge in [0, 0.05) is 44.8 Å². The van der Waals surface area contributed by atoms with Crippen LogP contribution in [0.4, 0.5) is 5.69 Å². The van der Waals surface area contributed by atoms with Crippen molar-refractivity contribution in [2.75, 3.05) is 52.9 Å². The first-order valence-electron chi connectivity index (χ1n) is 9.78. The molecule has 1 atom stereocenters. The third-order valence-corrected chi connectivity index (χ3v) is 5.91. The number of nitro benzene ring substituents is 1. The number of carbonyl (C=O) groups excluding carboxylic acids is 2. The average molecular weight is 424 g/mol. The van der Waals surface area contributed by atoms with Gasteiger partial charge in [-0.25, -0.2) is 0 Å². The molecule has 0 aromatic heterocycles. The second kappa shape index (κ2) is 9.51. The molecule has 2 heterocycles. The summed E-state index contributed by atoms with van der Waals surface area (Å²) >= 11 is 5.96. The van der Waals surface area contributed by atoms with Gasteiger partial charge in [0.2, 0.25) is 5.91 Å². The molecule has 1 N–H and O–H groups in total. The number of piperazine rings is 1. The van der Waals surface area contributed by atoms with E-state index >= 15 is 0 Å². The van der Waals surface area contributed by atoms with E-state index in [0.29, 0.717) is 19.1 Å². The second-order valence-corrected chi connectivity index (χ2v) is 7.96. The lowest BCUT2D eigenvalue weighted by atomic mass is 10.0. The highest BCUT2D eigenvalue weighted by molar-refractivity contribution is 6.34. The molecule has 158 valence electrons. The number of likely N-dealkylation sites (N-methyl/N-ethyl adjacent to an activating group) is 1. The summed E-state index contributed by atoms with van der Waals surface area (Å²) in [4.78, 5) is 41.8. The number of hydrogen-bond donors (Lipinski definition) is 1. The van der Waals surface area contributed by atoms with Crippen molar-refractivity contribution in [1.29, 1.82) is 0 Å². The van der Waals surface area contributed by atoms with Crippen molar-refractivity contribution in [1.82, 2.24) is 20.0 Å². The van der Waals surface area contributed by atoms with Gasteiger partial charge in [-0.05, 0) is 32.5 Å². The molecule has 0 saturated carbocycles. The zero-order valence-electron chi connectivity index (χ0n) is 16.5. The number of halogens is 1. The van der Waals surface area contributed by atoms with Gasteiger partial charge in [0.1, 0.15) is 5.56 Å². The van der Waals surface area contributed by atoms with E-state index in [0.717, 1.165) is 26.2 Å².